The van der Waals surface area contributed by atoms with Crippen LogP contribution in [0.25, 0.3) is 0 Å². The molecule has 1 aliphatic carbocycles. The summed E-state index contributed by atoms with van der Waals surface area (Å²) in [5, 5.41) is 9.44. The highest BCUT2D eigenvalue weighted by Gasteiger charge is 2.42. The maximum Gasteiger partial charge on any atom is 0.243 e. The van der Waals surface area contributed by atoms with Crippen LogP contribution < -0.4 is 0 Å². The highest BCUT2D eigenvalue weighted by atomic mass is 16.5. The van der Waals surface area contributed by atoms with E-state index >= 15 is 0 Å². The normalized spacial score (nSPS) is 18.4. The minimum Gasteiger partial charge on any atom is -0.383 e. The predicted molar refractivity (Wildman–Crippen MR) is 69.9 cm³/mol. The molecule has 0 unspecified atom stereocenters. The van der Waals surface area contributed by atoms with Crippen molar-refractivity contribution in [2.75, 3.05) is 20.3 Å². The molecule has 0 spiro atoms. The van der Waals surface area contributed by atoms with Crippen molar-refractivity contribution in [1.29, 1.82) is 5.26 Å². The molecule has 0 aromatic heterocycles. The second-order valence-electron chi connectivity index (χ2n) is 5.34. The highest BCUT2D eigenvalue weighted by molar-refractivity contribution is 5.85. The molecule has 102 valence electrons. The number of hydrogen-bond donors (Lipinski definition) is 0. The van der Waals surface area contributed by atoms with Gasteiger partial charge in [0.15, 0.2) is 0 Å². The first kappa shape index (κ1) is 15.0. The lowest BCUT2D eigenvalue weighted by molar-refractivity contribution is -0.143. The first-order valence-corrected chi connectivity index (χ1v) is 6.78. The largest absolute Gasteiger partial charge is 0.383 e. The van der Waals surface area contributed by atoms with Gasteiger partial charge in [-0.3, -0.25) is 4.79 Å². The monoisotopic (exact) mass is 252 g/mol. The molecule has 1 fully saturated rings. The zero-order valence-electron chi connectivity index (χ0n) is 11.7. The Labute approximate surface area is 110 Å². The summed E-state index contributed by atoms with van der Waals surface area (Å²) in [6, 6.07) is 2.41. The molecule has 1 amide bonds. The Bertz CT molecular complexity index is 314. The van der Waals surface area contributed by atoms with E-state index in [2.05, 4.69) is 6.07 Å². The third-order valence-electron chi connectivity index (χ3n) is 3.75. The quantitative estimate of drug-likeness (QED) is 0.754. The van der Waals surface area contributed by atoms with Gasteiger partial charge in [-0.25, -0.2) is 0 Å². The van der Waals surface area contributed by atoms with E-state index in [1.54, 1.807) is 12.0 Å². The first-order chi connectivity index (χ1) is 8.57. The Morgan fingerprint density at radius 1 is 1.39 bits per heavy atom. The van der Waals surface area contributed by atoms with Crippen LogP contribution in [0.15, 0.2) is 0 Å². The van der Waals surface area contributed by atoms with Gasteiger partial charge in [-0.1, -0.05) is 19.3 Å². The molecule has 0 bridgehead atoms. The Morgan fingerprint density at radius 2 is 2.00 bits per heavy atom. The van der Waals surface area contributed by atoms with E-state index in [1.807, 2.05) is 13.8 Å². The summed E-state index contributed by atoms with van der Waals surface area (Å²) in [6.45, 7) is 5.06. The average Bonchev–Trinajstić information content (AvgIpc) is 2.39. The molecule has 1 saturated carbocycles. The van der Waals surface area contributed by atoms with E-state index in [1.165, 1.54) is 0 Å². The van der Waals surface area contributed by atoms with Crippen LogP contribution in [0.4, 0.5) is 0 Å². The molecule has 1 aliphatic rings. The van der Waals surface area contributed by atoms with Gasteiger partial charge in [0.25, 0.3) is 0 Å². The van der Waals surface area contributed by atoms with Gasteiger partial charge in [-0.2, -0.15) is 5.26 Å². The van der Waals surface area contributed by atoms with E-state index in [0.29, 0.717) is 26.0 Å². The van der Waals surface area contributed by atoms with Gasteiger partial charge in [0.2, 0.25) is 5.91 Å². The Balaban J connectivity index is 2.82. The van der Waals surface area contributed by atoms with Gasteiger partial charge in [0.05, 0.1) is 12.7 Å². The van der Waals surface area contributed by atoms with Gasteiger partial charge in [-0.05, 0) is 26.7 Å². The van der Waals surface area contributed by atoms with Crippen LogP contribution in [-0.2, 0) is 9.53 Å². The Hall–Kier alpha value is -1.08. The zero-order valence-corrected chi connectivity index (χ0v) is 11.7. The molecular formula is C14H24N2O2. The number of ether oxygens (including phenoxy) is 1. The van der Waals surface area contributed by atoms with Gasteiger partial charge < -0.3 is 9.64 Å². The number of nitriles is 1. The predicted octanol–water partition coefficient (Wildman–Crippen LogP) is 2.34. The van der Waals surface area contributed by atoms with Crippen LogP contribution in [0.2, 0.25) is 0 Å². The summed E-state index contributed by atoms with van der Waals surface area (Å²) in [5.41, 5.74) is -0.781. The van der Waals surface area contributed by atoms with Gasteiger partial charge >= 0.3 is 0 Å². The summed E-state index contributed by atoms with van der Waals surface area (Å²) in [4.78, 5) is 14.4. The molecule has 18 heavy (non-hydrogen) atoms. The summed E-state index contributed by atoms with van der Waals surface area (Å²) < 4.78 is 5.05. The third-order valence-corrected chi connectivity index (χ3v) is 3.75. The van der Waals surface area contributed by atoms with E-state index in [4.69, 9.17) is 4.74 Å². The minimum atomic E-state index is -0.781. The van der Waals surface area contributed by atoms with Crippen LogP contribution in [0, 0.1) is 16.7 Å². The van der Waals surface area contributed by atoms with E-state index < -0.39 is 5.41 Å². The van der Waals surface area contributed by atoms with Crippen LogP contribution in [-0.4, -0.2) is 37.1 Å². The number of methoxy groups -OCH3 is 1. The van der Waals surface area contributed by atoms with Crippen LogP contribution in [0.5, 0.6) is 0 Å². The highest BCUT2D eigenvalue weighted by Crippen LogP contribution is 2.37. The van der Waals surface area contributed by atoms with Crippen LogP contribution >= 0.6 is 0 Å². The molecule has 0 aliphatic heterocycles. The summed E-state index contributed by atoms with van der Waals surface area (Å²) in [5.74, 6) is -0.00301. The number of nitrogens with zero attached hydrogens (tertiary/aromatic N) is 2. The maximum absolute atomic E-state index is 12.6. The first-order valence-electron chi connectivity index (χ1n) is 6.78. The molecular weight excluding hydrogens is 228 g/mol. The third kappa shape index (κ3) is 3.23. The SMILES string of the molecule is COCCN(C(=O)C1(C#N)CCCCC1)C(C)C. The summed E-state index contributed by atoms with van der Waals surface area (Å²) in [6.07, 6.45) is 4.51. The number of carbonyl (C=O) groups is 1. The number of rotatable bonds is 5. The maximum atomic E-state index is 12.6. The van der Waals surface area contributed by atoms with Crippen molar-refractivity contribution < 1.29 is 9.53 Å². The molecule has 0 radical (unpaired) electrons. The number of hydrogen-bond acceptors (Lipinski definition) is 3. The number of carbonyl (C=O) groups excluding carboxylic acids is 1. The Kier molecular flexibility index (Phi) is 5.61. The van der Waals surface area contributed by atoms with E-state index in [0.717, 1.165) is 19.3 Å². The zero-order chi connectivity index (χ0) is 13.6. The lowest BCUT2D eigenvalue weighted by Crippen LogP contribution is -2.48. The smallest absolute Gasteiger partial charge is 0.243 e. The lowest BCUT2D eigenvalue weighted by Gasteiger charge is -2.36. The topological polar surface area (TPSA) is 53.3 Å². The van der Waals surface area contributed by atoms with Crippen LogP contribution in [0.1, 0.15) is 46.0 Å². The Morgan fingerprint density at radius 3 is 2.44 bits per heavy atom. The fourth-order valence-electron chi connectivity index (χ4n) is 2.59. The molecule has 1 rings (SSSR count). The van der Waals surface area contributed by atoms with E-state index in [-0.39, 0.29) is 11.9 Å². The molecule has 4 nitrogen and oxygen atoms in total. The molecule has 0 atom stereocenters. The standard InChI is InChI=1S/C14H24N2O2/c1-12(2)16(9-10-18-3)13(17)14(11-15)7-5-4-6-8-14/h12H,4-10H2,1-3H3. The van der Waals surface area contributed by atoms with Crippen molar-refractivity contribution in [3.05, 3.63) is 0 Å². The number of amides is 1. The van der Waals surface area contributed by atoms with Gasteiger partial charge in [0, 0.05) is 19.7 Å². The summed E-state index contributed by atoms with van der Waals surface area (Å²) in [7, 11) is 1.63. The van der Waals surface area contributed by atoms with Gasteiger partial charge in [-0.15, -0.1) is 0 Å². The molecule has 0 saturated heterocycles. The molecule has 0 N–H and O–H groups in total. The van der Waals surface area contributed by atoms with Gasteiger partial charge in [0.1, 0.15) is 5.41 Å². The summed E-state index contributed by atoms with van der Waals surface area (Å²) >= 11 is 0. The van der Waals surface area contributed by atoms with Crippen molar-refractivity contribution >= 4 is 5.91 Å². The van der Waals surface area contributed by atoms with Crippen molar-refractivity contribution in [3.63, 3.8) is 0 Å². The van der Waals surface area contributed by atoms with Crippen molar-refractivity contribution in [2.45, 2.75) is 52.0 Å². The van der Waals surface area contributed by atoms with E-state index in [9.17, 15) is 10.1 Å². The van der Waals surface area contributed by atoms with Crippen molar-refractivity contribution in [3.8, 4) is 6.07 Å². The average molecular weight is 252 g/mol. The molecule has 0 aromatic carbocycles. The molecule has 0 heterocycles. The fraction of sp³-hybridized carbons (Fsp3) is 0.857. The lowest BCUT2D eigenvalue weighted by atomic mass is 9.74. The molecule has 4 heteroatoms. The second kappa shape index (κ2) is 6.75. The van der Waals surface area contributed by atoms with Crippen LogP contribution in [0.3, 0.4) is 0 Å². The van der Waals surface area contributed by atoms with Crippen molar-refractivity contribution in [2.24, 2.45) is 5.41 Å². The van der Waals surface area contributed by atoms with Crippen molar-refractivity contribution in [1.82, 2.24) is 4.90 Å². The molecule has 0 aromatic rings. The minimum absolute atomic E-state index is 0.00301. The fourth-order valence-corrected chi connectivity index (χ4v) is 2.59. The second-order valence-corrected chi connectivity index (χ2v) is 5.34.